The molecule has 3 rings (SSSR count). The van der Waals surface area contributed by atoms with Crippen LogP contribution in [0.1, 0.15) is 43.7 Å². The van der Waals surface area contributed by atoms with Crippen molar-refractivity contribution in [2.45, 2.75) is 33.1 Å². The van der Waals surface area contributed by atoms with Crippen LogP contribution in [0.2, 0.25) is 10.0 Å². The van der Waals surface area contributed by atoms with Crippen LogP contribution in [-0.2, 0) is 10.2 Å². The fourth-order valence-corrected chi connectivity index (χ4v) is 3.41. The lowest BCUT2D eigenvalue weighted by Crippen LogP contribution is -2.38. The van der Waals surface area contributed by atoms with E-state index in [1.54, 1.807) is 41.9 Å². The molecule has 2 amide bonds. The van der Waals surface area contributed by atoms with Gasteiger partial charge < -0.3 is 10.2 Å². The quantitative estimate of drug-likeness (QED) is 0.480. The highest BCUT2D eigenvalue weighted by atomic mass is 35.5. The zero-order chi connectivity index (χ0) is 24.3. The molecule has 6 nitrogen and oxygen atoms in total. The Labute approximate surface area is 202 Å². The third-order valence-electron chi connectivity index (χ3n) is 4.99. The summed E-state index contributed by atoms with van der Waals surface area (Å²) < 4.78 is 15.0. The fourth-order valence-electron chi connectivity index (χ4n) is 3.11. The molecular weight excluding hydrogens is 466 g/mol. The van der Waals surface area contributed by atoms with Gasteiger partial charge in [-0.15, -0.1) is 0 Å². The van der Waals surface area contributed by atoms with E-state index >= 15 is 0 Å². The van der Waals surface area contributed by atoms with Gasteiger partial charge >= 0.3 is 0 Å². The Balaban J connectivity index is 1.83. The summed E-state index contributed by atoms with van der Waals surface area (Å²) in [5.74, 6) is -0.677. The summed E-state index contributed by atoms with van der Waals surface area (Å²) in [5, 5.41) is 8.05. The van der Waals surface area contributed by atoms with Crippen molar-refractivity contribution in [3.05, 3.63) is 75.7 Å². The lowest BCUT2D eigenvalue weighted by Gasteiger charge is -2.20. The largest absolute Gasteiger partial charge is 0.330 e. The Morgan fingerprint density at radius 2 is 1.73 bits per heavy atom. The minimum atomic E-state index is -0.394. The van der Waals surface area contributed by atoms with Crippen molar-refractivity contribution < 1.29 is 14.0 Å². The average Bonchev–Trinajstić information content (AvgIpc) is 3.18. The van der Waals surface area contributed by atoms with E-state index in [9.17, 15) is 14.0 Å². The van der Waals surface area contributed by atoms with Crippen molar-refractivity contribution >= 4 is 40.8 Å². The molecule has 0 aliphatic rings. The Bertz CT molecular complexity index is 1170. The number of benzene rings is 2. The highest BCUT2D eigenvalue weighted by Crippen LogP contribution is 2.27. The minimum Gasteiger partial charge on any atom is -0.330 e. The smallest absolute Gasteiger partial charge is 0.254 e. The molecule has 1 aromatic heterocycles. The maximum Gasteiger partial charge on any atom is 0.254 e. The van der Waals surface area contributed by atoms with Crippen LogP contribution in [0.15, 0.2) is 48.5 Å². The Morgan fingerprint density at radius 1 is 1.06 bits per heavy atom. The molecule has 174 valence electrons. The Kier molecular flexibility index (Phi) is 7.44. The van der Waals surface area contributed by atoms with Crippen molar-refractivity contribution in [2.75, 3.05) is 18.4 Å². The summed E-state index contributed by atoms with van der Waals surface area (Å²) in [6.07, 6.45) is 0. The number of amides is 2. The molecule has 0 saturated carbocycles. The van der Waals surface area contributed by atoms with Crippen LogP contribution >= 0.6 is 23.2 Å². The SMILES string of the molecule is CCN(CC(=O)Nc1cc(C(C)(C)C)nn1-c1ccc(F)cc1)C(=O)c1ccc(Cl)c(Cl)c1. The number of aromatic nitrogens is 2. The summed E-state index contributed by atoms with van der Waals surface area (Å²) in [4.78, 5) is 27.2. The van der Waals surface area contributed by atoms with Gasteiger partial charge in [0.05, 0.1) is 21.4 Å². The molecular formula is C24H25Cl2FN4O2. The van der Waals surface area contributed by atoms with Crippen molar-refractivity contribution in [1.82, 2.24) is 14.7 Å². The molecule has 9 heteroatoms. The first-order chi connectivity index (χ1) is 15.5. The van der Waals surface area contributed by atoms with E-state index < -0.39 is 5.91 Å². The number of hydrogen-bond acceptors (Lipinski definition) is 3. The third kappa shape index (κ3) is 5.92. The van der Waals surface area contributed by atoms with Gasteiger partial charge in [-0.1, -0.05) is 44.0 Å². The van der Waals surface area contributed by atoms with Crippen LogP contribution in [0.3, 0.4) is 0 Å². The molecule has 0 atom stereocenters. The van der Waals surface area contributed by atoms with Gasteiger partial charge in [-0.3, -0.25) is 9.59 Å². The van der Waals surface area contributed by atoms with Gasteiger partial charge in [0.15, 0.2) is 0 Å². The standard InChI is InChI=1S/C24H25Cl2FN4O2/c1-5-30(23(33)15-6-11-18(25)19(26)12-15)14-22(32)28-21-13-20(24(2,3)4)29-31(21)17-9-7-16(27)8-10-17/h6-13H,5,14H2,1-4H3,(H,28,32). The molecule has 1 heterocycles. The van der Waals surface area contributed by atoms with Gasteiger partial charge in [-0.05, 0) is 49.4 Å². The normalized spacial score (nSPS) is 11.4. The number of hydrogen-bond donors (Lipinski definition) is 1. The summed E-state index contributed by atoms with van der Waals surface area (Å²) in [6.45, 7) is 7.94. The first-order valence-corrected chi connectivity index (χ1v) is 11.2. The van der Waals surface area contributed by atoms with Crippen molar-refractivity contribution in [1.29, 1.82) is 0 Å². The second-order valence-corrected chi connectivity index (χ2v) is 9.36. The molecule has 0 aliphatic carbocycles. The van der Waals surface area contributed by atoms with E-state index in [0.29, 0.717) is 28.6 Å². The zero-order valence-electron chi connectivity index (χ0n) is 18.8. The van der Waals surface area contributed by atoms with Crippen LogP contribution in [0.25, 0.3) is 5.69 Å². The molecule has 3 aromatic rings. The second-order valence-electron chi connectivity index (χ2n) is 8.55. The molecule has 0 fully saturated rings. The molecule has 0 unspecified atom stereocenters. The van der Waals surface area contributed by atoms with Crippen molar-refractivity contribution in [3.8, 4) is 5.69 Å². The van der Waals surface area contributed by atoms with Crippen LogP contribution in [-0.4, -0.2) is 39.6 Å². The summed E-state index contributed by atoms with van der Waals surface area (Å²) >= 11 is 12.0. The van der Waals surface area contributed by atoms with Gasteiger partial charge in [0, 0.05) is 23.6 Å². The predicted molar refractivity (Wildman–Crippen MR) is 129 cm³/mol. The number of nitrogens with zero attached hydrogens (tertiary/aromatic N) is 3. The summed E-state index contributed by atoms with van der Waals surface area (Å²) in [6, 6.07) is 12.2. The van der Waals surface area contributed by atoms with E-state index in [-0.39, 0.29) is 28.7 Å². The topological polar surface area (TPSA) is 67.2 Å². The molecule has 0 aliphatic heterocycles. The van der Waals surface area contributed by atoms with Gasteiger partial charge in [-0.25, -0.2) is 9.07 Å². The first-order valence-electron chi connectivity index (χ1n) is 10.4. The molecule has 0 bridgehead atoms. The van der Waals surface area contributed by atoms with E-state index in [1.165, 1.54) is 23.1 Å². The maximum absolute atomic E-state index is 13.4. The lowest BCUT2D eigenvalue weighted by atomic mass is 9.92. The van der Waals surface area contributed by atoms with E-state index in [1.807, 2.05) is 20.8 Å². The number of nitrogens with one attached hydrogen (secondary N) is 1. The second kappa shape index (κ2) is 9.93. The van der Waals surface area contributed by atoms with Crippen molar-refractivity contribution in [2.24, 2.45) is 0 Å². The number of halogens is 3. The van der Waals surface area contributed by atoms with Crippen LogP contribution in [0.4, 0.5) is 10.2 Å². The number of carbonyl (C=O) groups excluding carboxylic acids is 2. The van der Waals surface area contributed by atoms with Gasteiger partial charge in [0.2, 0.25) is 5.91 Å². The number of likely N-dealkylation sites (N-methyl/N-ethyl adjacent to an activating group) is 1. The van der Waals surface area contributed by atoms with E-state index in [4.69, 9.17) is 23.2 Å². The summed E-state index contributed by atoms with van der Waals surface area (Å²) in [5.41, 5.74) is 1.41. The fraction of sp³-hybridized carbons (Fsp3) is 0.292. The highest BCUT2D eigenvalue weighted by Gasteiger charge is 2.23. The molecule has 0 saturated heterocycles. The van der Waals surface area contributed by atoms with E-state index in [0.717, 1.165) is 5.69 Å². The number of rotatable bonds is 6. The Hall–Kier alpha value is -2.90. The first kappa shape index (κ1) is 24.7. The molecule has 33 heavy (non-hydrogen) atoms. The molecule has 1 N–H and O–H groups in total. The number of anilines is 1. The van der Waals surface area contributed by atoms with Crippen LogP contribution in [0, 0.1) is 5.82 Å². The van der Waals surface area contributed by atoms with Crippen LogP contribution in [0.5, 0.6) is 0 Å². The molecule has 0 spiro atoms. The molecule has 0 radical (unpaired) electrons. The predicted octanol–water partition coefficient (Wildman–Crippen LogP) is 5.72. The highest BCUT2D eigenvalue weighted by molar-refractivity contribution is 6.42. The van der Waals surface area contributed by atoms with E-state index in [2.05, 4.69) is 10.4 Å². The van der Waals surface area contributed by atoms with Gasteiger partial charge in [0.25, 0.3) is 5.91 Å². The number of carbonyl (C=O) groups is 2. The van der Waals surface area contributed by atoms with Gasteiger partial charge in [0.1, 0.15) is 18.2 Å². The molecule has 2 aromatic carbocycles. The average molecular weight is 491 g/mol. The zero-order valence-corrected chi connectivity index (χ0v) is 20.3. The van der Waals surface area contributed by atoms with Gasteiger partial charge in [-0.2, -0.15) is 5.10 Å². The van der Waals surface area contributed by atoms with Crippen molar-refractivity contribution in [3.63, 3.8) is 0 Å². The minimum absolute atomic E-state index is 0.172. The van der Waals surface area contributed by atoms with Crippen LogP contribution < -0.4 is 5.32 Å². The lowest BCUT2D eigenvalue weighted by molar-refractivity contribution is -0.116. The Morgan fingerprint density at radius 3 is 2.30 bits per heavy atom. The third-order valence-corrected chi connectivity index (χ3v) is 5.73. The monoisotopic (exact) mass is 490 g/mol. The summed E-state index contributed by atoms with van der Waals surface area (Å²) in [7, 11) is 0. The maximum atomic E-state index is 13.4.